The lowest BCUT2D eigenvalue weighted by atomic mass is 10.0. The largest absolute Gasteiger partial charge is 0.467 e. The standard InChI is InChI=1S/C13H21N3O3/c1-6-10-9(7-16(4)15-10)12(17)14-11(8(2)3)13(18)19-5/h7-8,11H,6H2,1-5H3,(H,14,17). The molecule has 1 amide bonds. The van der Waals surface area contributed by atoms with Gasteiger partial charge in [0.05, 0.1) is 18.4 Å². The van der Waals surface area contributed by atoms with E-state index in [-0.39, 0.29) is 11.8 Å². The molecule has 0 aliphatic rings. The zero-order valence-corrected chi connectivity index (χ0v) is 12.1. The Morgan fingerprint density at radius 1 is 1.47 bits per heavy atom. The molecule has 1 aromatic rings. The van der Waals surface area contributed by atoms with Gasteiger partial charge in [0.15, 0.2) is 0 Å². The van der Waals surface area contributed by atoms with Crippen LogP contribution in [0.3, 0.4) is 0 Å². The van der Waals surface area contributed by atoms with Crippen LogP contribution in [0, 0.1) is 5.92 Å². The molecule has 1 heterocycles. The molecule has 1 rings (SSSR count). The van der Waals surface area contributed by atoms with Crippen molar-refractivity contribution in [1.29, 1.82) is 0 Å². The van der Waals surface area contributed by atoms with Crippen molar-refractivity contribution in [3.63, 3.8) is 0 Å². The Balaban J connectivity index is 2.90. The molecule has 0 fully saturated rings. The number of amides is 1. The van der Waals surface area contributed by atoms with Gasteiger partial charge < -0.3 is 10.1 Å². The summed E-state index contributed by atoms with van der Waals surface area (Å²) in [7, 11) is 3.07. The van der Waals surface area contributed by atoms with Crippen molar-refractivity contribution in [3.05, 3.63) is 17.5 Å². The summed E-state index contributed by atoms with van der Waals surface area (Å²) in [5.41, 5.74) is 1.21. The van der Waals surface area contributed by atoms with Crippen molar-refractivity contribution in [1.82, 2.24) is 15.1 Å². The van der Waals surface area contributed by atoms with Gasteiger partial charge in [-0.05, 0) is 12.3 Å². The van der Waals surface area contributed by atoms with Crippen LogP contribution in [0.25, 0.3) is 0 Å². The number of esters is 1. The molecule has 0 saturated carbocycles. The highest BCUT2D eigenvalue weighted by molar-refractivity contribution is 5.97. The third kappa shape index (κ3) is 3.56. The number of aryl methyl sites for hydroxylation is 2. The van der Waals surface area contributed by atoms with E-state index in [9.17, 15) is 9.59 Å². The van der Waals surface area contributed by atoms with E-state index >= 15 is 0 Å². The topological polar surface area (TPSA) is 73.2 Å². The zero-order chi connectivity index (χ0) is 14.6. The normalized spacial score (nSPS) is 12.3. The Hall–Kier alpha value is -1.85. The van der Waals surface area contributed by atoms with Crippen molar-refractivity contribution >= 4 is 11.9 Å². The molecule has 0 spiro atoms. The molecule has 106 valence electrons. The Labute approximate surface area is 113 Å². The highest BCUT2D eigenvalue weighted by atomic mass is 16.5. The number of hydrogen-bond donors (Lipinski definition) is 1. The molecular weight excluding hydrogens is 246 g/mol. The fourth-order valence-electron chi connectivity index (χ4n) is 1.83. The Morgan fingerprint density at radius 2 is 2.11 bits per heavy atom. The van der Waals surface area contributed by atoms with Crippen molar-refractivity contribution in [3.8, 4) is 0 Å². The smallest absolute Gasteiger partial charge is 0.328 e. The Kier molecular flexibility index (Phi) is 5.09. The highest BCUT2D eigenvalue weighted by Crippen LogP contribution is 2.10. The summed E-state index contributed by atoms with van der Waals surface area (Å²) in [6.07, 6.45) is 2.32. The molecule has 1 atom stereocenters. The molecule has 1 unspecified atom stereocenters. The lowest BCUT2D eigenvalue weighted by Gasteiger charge is -2.19. The molecule has 0 radical (unpaired) electrons. The number of carbonyl (C=O) groups is 2. The van der Waals surface area contributed by atoms with Gasteiger partial charge in [0.2, 0.25) is 0 Å². The van der Waals surface area contributed by atoms with E-state index in [4.69, 9.17) is 4.74 Å². The van der Waals surface area contributed by atoms with Gasteiger partial charge in [-0.1, -0.05) is 20.8 Å². The van der Waals surface area contributed by atoms with Crippen molar-refractivity contribution in [2.24, 2.45) is 13.0 Å². The van der Waals surface area contributed by atoms with Crippen molar-refractivity contribution < 1.29 is 14.3 Å². The van der Waals surface area contributed by atoms with E-state index in [0.29, 0.717) is 17.7 Å². The summed E-state index contributed by atoms with van der Waals surface area (Å²) in [6, 6.07) is -0.651. The predicted octanol–water partition coefficient (Wildman–Crippen LogP) is 0.910. The first-order chi connectivity index (χ1) is 8.90. The second kappa shape index (κ2) is 6.36. The van der Waals surface area contributed by atoms with Gasteiger partial charge in [-0.15, -0.1) is 0 Å². The van der Waals surface area contributed by atoms with Crippen LogP contribution in [-0.4, -0.2) is 34.8 Å². The second-order valence-electron chi connectivity index (χ2n) is 4.74. The minimum absolute atomic E-state index is 0.0434. The van der Waals surface area contributed by atoms with E-state index in [1.807, 2.05) is 20.8 Å². The van der Waals surface area contributed by atoms with Gasteiger partial charge in [0.25, 0.3) is 5.91 Å². The van der Waals surface area contributed by atoms with Crippen LogP contribution in [0.15, 0.2) is 6.20 Å². The summed E-state index contributed by atoms with van der Waals surface area (Å²) < 4.78 is 6.29. The number of nitrogens with zero attached hydrogens (tertiary/aromatic N) is 2. The number of aromatic nitrogens is 2. The summed E-state index contributed by atoms with van der Waals surface area (Å²) in [4.78, 5) is 23.8. The first kappa shape index (κ1) is 15.2. The average Bonchev–Trinajstić information content (AvgIpc) is 2.75. The molecule has 0 aliphatic carbocycles. The first-order valence-corrected chi connectivity index (χ1v) is 6.31. The van der Waals surface area contributed by atoms with Gasteiger partial charge in [0.1, 0.15) is 6.04 Å². The molecule has 0 saturated heterocycles. The first-order valence-electron chi connectivity index (χ1n) is 6.31. The molecular formula is C13H21N3O3. The summed E-state index contributed by atoms with van der Waals surface area (Å²) in [5, 5.41) is 6.91. The van der Waals surface area contributed by atoms with Crippen LogP contribution >= 0.6 is 0 Å². The molecule has 0 aromatic carbocycles. The van der Waals surface area contributed by atoms with Crippen molar-refractivity contribution in [2.45, 2.75) is 33.2 Å². The van der Waals surface area contributed by atoms with Gasteiger partial charge in [-0.3, -0.25) is 9.48 Å². The van der Waals surface area contributed by atoms with E-state index in [2.05, 4.69) is 10.4 Å². The quantitative estimate of drug-likeness (QED) is 0.805. The molecule has 1 aromatic heterocycles. The summed E-state index contributed by atoms with van der Waals surface area (Å²) >= 11 is 0. The third-order valence-corrected chi connectivity index (χ3v) is 2.89. The van der Waals surface area contributed by atoms with Gasteiger partial charge in [0, 0.05) is 13.2 Å². The molecule has 6 nitrogen and oxygen atoms in total. The van der Waals surface area contributed by atoms with Crippen LogP contribution in [0.5, 0.6) is 0 Å². The summed E-state index contributed by atoms with van der Waals surface area (Å²) in [6.45, 7) is 5.64. The van der Waals surface area contributed by atoms with Crippen LogP contribution in [0.4, 0.5) is 0 Å². The maximum Gasteiger partial charge on any atom is 0.328 e. The van der Waals surface area contributed by atoms with E-state index < -0.39 is 12.0 Å². The number of hydrogen-bond acceptors (Lipinski definition) is 4. The Morgan fingerprint density at radius 3 is 2.58 bits per heavy atom. The molecule has 0 aliphatic heterocycles. The van der Waals surface area contributed by atoms with E-state index in [1.165, 1.54) is 7.11 Å². The fraction of sp³-hybridized carbons (Fsp3) is 0.615. The maximum atomic E-state index is 12.2. The van der Waals surface area contributed by atoms with E-state index in [0.717, 1.165) is 0 Å². The van der Waals surface area contributed by atoms with Crippen molar-refractivity contribution in [2.75, 3.05) is 7.11 Å². The number of ether oxygens (including phenoxy) is 1. The van der Waals surface area contributed by atoms with Gasteiger partial charge in [-0.2, -0.15) is 5.10 Å². The predicted molar refractivity (Wildman–Crippen MR) is 70.7 cm³/mol. The number of carbonyl (C=O) groups excluding carboxylic acids is 2. The zero-order valence-electron chi connectivity index (χ0n) is 12.1. The lowest BCUT2D eigenvalue weighted by molar-refractivity contribution is -0.144. The second-order valence-corrected chi connectivity index (χ2v) is 4.74. The molecule has 19 heavy (non-hydrogen) atoms. The Bertz CT molecular complexity index is 466. The minimum atomic E-state index is -0.651. The number of rotatable bonds is 5. The minimum Gasteiger partial charge on any atom is -0.467 e. The third-order valence-electron chi connectivity index (χ3n) is 2.89. The highest BCUT2D eigenvalue weighted by Gasteiger charge is 2.26. The monoisotopic (exact) mass is 267 g/mol. The van der Waals surface area contributed by atoms with Crippen LogP contribution < -0.4 is 5.32 Å². The van der Waals surface area contributed by atoms with Crippen LogP contribution in [0.1, 0.15) is 36.8 Å². The maximum absolute atomic E-state index is 12.2. The van der Waals surface area contributed by atoms with Crippen LogP contribution in [-0.2, 0) is 23.0 Å². The average molecular weight is 267 g/mol. The summed E-state index contributed by atoms with van der Waals surface area (Å²) in [5.74, 6) is -0.780. The fourth-order valence-corrected chi connectivity index (χ4v) is 1.83. The SMILES string of the molecule is CCc1nn(C)cc1C(=O)NC(C(=O)OC)C(C)C. The van der Waals surface area contributed by atoms with Gasteiger partial charge in [-0.25, -0.2) is 4.79 Å². The molecule has 6 heteroatoms. The van der Waals surface area contributed by atoms with Crippen LogP contribution in [0.2, 0.25) is 0 Å². The number of methoxy groups -OCH3 is 1. The lowest BCUT2D eigenvalue weighted by Crippen LogP contribution is -2.45. The molecule has 1 N–H and O–H groups in total. The van der Waals surface area contributed by atoms with Gasteiger partial charge >= 0.3 is 5.97 Å². The van der Waals surface area contributed by atoms with E-state index in [1.54, 1.807) is 17.9 Å². The molecule has 0 bridgehead atoms. The number of nitrogens with one attached hydrogen (secondary N) is 1.